The molecule has 5 heteroatoms. The van der Waals surface area contributed by atoms with Crippen molar-refractivity contribution >= 4 is 16.8 Å². The number of aryl methyl sites for hydroxylation is 1. The number of carbonyl (C=O) groups excluding carboxylic acids is 1. The summed E-state index contributed by atoms with van der Waals surface area (Å²) in [5.74, 6) is -0.274. The van der Waals surface area contributed by atoms with Gasteiger partial charge >= 0.3 is 0 Å². The van der Waals surface area contributed by atoms with Crippen LogP contribution in [0.3, 0.4) is 0 Å². The summed E-state index contributed by atoms with van der Waals surface area (Å²) in [4.78, 5) is 16.6. The molecule has 5 nitrogen and oxygen atoms in total. The van der Waals surface area contributed by atoms with E-state index in [9.17, 15) is 9.90 Å². The number of nitrogens with zero attached hydrogens (tertiary/aromatic N) is 3. The molecule has 0 bridgehead atoms. The van der Waals surface area contributed by atoms with E-state index in [1.165, 1.54) is 12.3 Å². The summed E-state index contributed by atoms with van der Waals surface area (Å²) in [5, 5.41) is 14.8. The Hall–Kier alpha value is -2.69. The largest absolute Gasteiger partial charge is 0.507 e. The van der Waals surface area contributed by atoms with Gasteiger partial charge in [0.25, 0.3) is 0 Å². The number of rotatable bonds is 3. The highest BCUT2D eigenvalue weighted by atomic mass is 16.3. The Morgan fingerprint density at radius 2 is 2.10 bits per heavy atom. The Morgan fingerprint density at radius 1 is 1.30 bits per heavy atom. The second-order valence-corrected chi connectivity index (χ2v) is 4.44. The zero-order chi connectivity index (χ0) is 14.1. The third kappa shape index (κ3) is 1.93. The van der Waals surface area contributed by atoms with Gasteiger partial charge in [-0.25, -0.2) is 9.67 Å². The van der Waals surface area contributed by atoms with Gasteiger partial charge < -0.3 is 5.11 Å². The van der Waals surface area contributed by atoms with E-state index in [0.29, 0.717) is 5.56 Å². The summed E-state index contributed by atoms with van der Waals surface area (Å²) in [5.41, 5.74) is 1.47. The smallest absolute Gasteiger partial charge is 0.198 e. The number of phenolic OH excluding ortho intramolecular Hbond substituents is 1. The first-order valence-corrected chi connectivity index (χ1v) is 6.35. The SMILES string of the molecule is CCn1ncc2cc(C(=O)c3ccccc3O)cnc21. The Kier molecular flexibility index (Phi) is 2.95. The van der Waals surface area contributed by atoms with Crippen molar-refractivity contribution in [1.82, 2.24) is 14.8 Å². The van der Waals surface area contributed by atoms with E-state index in [4.69, 9.17) is 0 Å². The second kappa shape index (κ2) is 4.77. The average molecular weight is 267 g/mol. The normalized spacial score (nSPS) is 10.8. The lowest BCUT2D eigenvalue weighted by molar-refractivity contribution is 0.103. The molecule has 0 aliphatic rings. The van der Waals surface area contributed by atoms with E-state index in [1.807, 2.05) is 6.92 Å². The molecule has 0 unspecified atom stereocenters. The molecule has 1 aromatic carbocycles. The summed E-state index contributed by atoms with van der Waals surface area (Å²) in [6, 6.07) is 8.23. The molecule has 3 aromatic rings. The third-order valence-electron chi connectivity index (χ3n) is 3.19. The van der Waals surface area contributed by atoms with Crippen LogP contribution >= 0.6 is 0 Å². The summed E-state index contributed by atoms with van der Waals surface area (Å²) in [6.07, 6.45) is 3.21. The van der Waals surface area contributed by atoms with Gasteiger partial charge in [-0.15, -0.1) is 0 Å². The highest BCUT2D eigenvalue weighted by Gasteiger charge is 2.14. The maximum atomic E-state index is 12.4. The van der Waals surface area contributed by atoms with Crippen molar-refractivity contribution in [3.63, 3.8) is 0 Å². The van der Waals surface area contributed by atoms with Crippen LogP contribution in [-0.2, 0) is 6.54 Å². The first-order chi connectivity index (χ1) is 9.70. The fourth-order valence-corrected chi connectivity index (χ4v) is 2.15. The van der Waals surface area contributed by atoms with E-state index in [-0.39, 0.29) is 17.1 Å². The third-order valence-corrected chi connectivity index (χ3v) is 3.19. The van der Waals surface area contributed by atoms with Crippen LogP contribution in [0.2, 0.25) is 0 Å². The minimum Gasteiger partial charge on any atom is -0.507 e. The number of pyridine rings is 1. The van der Waals surface area contributed by atoms with Crippen LogP contribution in [0.4, 0.5) is 0 Å². The van der Waals surface area contributed by atoms with Crippen molar-refractivity contribution in [2.24, 2.45) is 0 Å². The van der Waals surface area contributed by atoms with Crippen LogP contribution in [-0.4, -0.2) is 25.7 Å². The summed E-state index contributed by atoms with van der Waals surface area (Å²) in [6.45, 7) is 2.71. The quantitative estimate of drug-likeness (QED) is 0.740. The number of benzene rings is 1. The number of phenols is 1. The minimum absolute atomic E-state index is 0.0261. The Balaban J connectivity index is 2.06. The number of hydrogen-bond donors (Lipinski definition) is 1. The molecule has 0 atom stereocenters. The predicted octanol–water partition coefficient (Wildman–Crippen LogP) is 2.39. The first-order valence-electron chi connectivity index (χ1n) is 6.35. The first kappa shape index (κ1) is 12.3. The highest BCUT2D eigenvalue weighted by molar-refractivity contribution is 6.11. The molecule has 0 saturated carbocycles. The molecule has 2 aromatic heterocycles. The van der Waals surface area contributed by atoms with Crippen LogP contribution in [0, 0.1) is 0 Å². The van der Waals surface area contributed by atoms with E-state index in [1.54, 1.807) is 35.1 Å². The van der Waals surface area contributed by atoms with Crippen molar-refractivity contribution in [3.05, 3.63) is 53.9 Å². The molecule has 0 radical (unpaired) electrons. The maximum Gasteiger partial charge on any atom is 0.198 e. The highest BCUT2D eigenvalue weighted by Crippen LogP contribution is 2.21. The lowest BCUT2D eigenvalue weighted by atomic mass is 10.0. The molecule has 2 heterocycles. The number of hydrogen-bond acceptors (Lipinski definition) is 4. The van der Waals surface area contributed by atoms with Gasteiger partial charge in [0.15, 0.2) is 11.4 Å². The van der Waals surface area contributed by atoms with Crippen molar-refractivity contribution in [2.45, 2.75) is 13.5 Å². The van der Waals surface area contributed by atoms with E-state index in [2.05, 4.69) is 10.1 Å². The molecule has 0 spiro atoms. The zero-order valence-corrected chi connectivity index (χ0v) is 10.9. The van der Waals surface area contributed by atoms with E-state index < -0.39 is 0 Å². The number of aromatic hydroxyl groups is 1. The lowest BCUT2D eigenvalue weighted by Gasteiger charge is -2.04. The number of carbonyl (C=O) groups is 1. The molecule has 0 aliphatic heterocycles. The topological polar surface area (TPSA) is 68.0 Å². The zero-order valence-electron chi connectivity index (χ0n) is 10.9. The van der Waals surface area contributed by atoms with Crippen LogP contribution in [0.25, 0.3) is 11.0 Å². The van der Waals surface area contributed by atoms with Crippen LogP contribution in [0.15, 0.2) is 42.7 Å². The Bertz CT molecular complexity index is 793. The van der Waals surface area contributed by atoms with Gasteiger partial charge in [0.05, 0.1) is 11.8 Å². The Labute approximate surface area is 115 Å². The summed E-state index contributed by atoms with van der Waals surface area (Å²) >= 11 is 0. The molecule has 0 aliphatic carbocycles. The minimum atomic E-state index is -0.248. The van der Waals surface area contributed by atoms with E-state index in [0.717, 1.165) is 17.6 Å². The van der Waals surface area contributed by atoms with Crippen molar-refractivity contribution in [2.75, 3.05) is 0 Å². The molecular weight excluding hydrogens is 254 g/mol. The predicted molar refractivity (Wildman–Crippen MR) is 74.7 cm³/mol. The monoisotopic (exact) mass is 267 g/mol. The van der Waals surface area contributed by atoms with Gasteiger partial charge in [0.2, 0.25) is 0 Å². The molecular formula is C15H13N3O2. The molecule has 0 fully saturated rings. The standard InChI is InChI=1S/C15H13N3O2/c1-2-18-15-11(9-17-18)7-10(8-16-15)14(20)12-5-3-4-6-13(12)19/h3-9,19H,2H2,1H3. The number of aromatic nitrogens is 3. The molecule has 3 rings (SSSR count). The van der Waals surface area contributed by atoms with Gasteiger partial charge in [-0.05, 0) is 25.1 Å². The van der Waals surface area contributed by atoms with Crippen LogP contribution in [0.1, 0.15) is 22.8 Å². The van der Waals surface area contributed by atoms with Gasteiger partial charge in [-0.3, -0.25) is 4.79 Å². The molecule has 1 N–H and O–H groups in total. The van der Waals surface area contributed by atoms with Gasteiger partial charge in [-0.2, -0.15) is 5.10 Å². The summed E-state index contributed by atoms with van der Waals surface area (Å²) in [7, 11) is 0. The maximum absolute atomic E-state index is 12.4. The van der Waals surface area contributed by atoms with E-state index >= 15 is 0 Å². The second-order valence-electron chi connectivity index (χ2n) is 4.44. The number of fused-ring (bicyclic) bond motifs is 1. The molecule has 0 amide bonds. The van der Waals surface area contributed by atoms with Gasteiger partial charge in [0, 0.05) is 23.7 Å². The van der Waals surface area contributed by atoms with Crippen LogP contribution in [0.5, 0.6) is 5.75 Å². The fourth-order valence-electron chi connectivity index (χ4n) is 2.15. The number of ketones is 1. The average Bonchev–Trinajstić information content (AvgIpc) is 2.89. The van der Waals surface area contributed by atoms with Crippen molar-refractivity contribution in [3.8, 4) is 5.75 Å². The van der Waals surface area contributed by atoms with Gasteiger partial charge in [0.1, 0.15) is 5.75 Å². The molecule has 0 saturated heterocycles. The molecule has 20 heavy (non-hydrogen) atoms. The van der Waals surface area contributed by atoms with Crippen molar-refractivity contribution < 1.29 is 9.90 Å². The number of para-hydroxylation sites is 1. The van der Waals surface area contributed by atoms with Gasteiger partial charge in [-0.1, -0.05) is 12.1 Å². The lowest BCUT2D eigenvalue weighted by Crippen LogP contribution is -2.03. The molecule has 100 valence electrons. The van der Waals surface area contributed by atoms with Crippen molar-refractivity contribution in [1.29, 1.82) is 0 Å². The fraction of sp³-hybridized carbons (Fsp3) is 0.133. The summed E-state index contributed by atoms with van der Waals surface area (Å²) < 4.78 is 1.77. The van der Waals surface area contributed by atoms with Crippen LogP contribution < -0.4 is 0 Å². The Morgan fingerprint density at radius 3 is 2.85 bits per heavy atom.